The fourth-order valence-corrected chi connectivity index (χ4v) is 6.70. The highest BCUT2D eigenvalue weighted by Gasteiger charge is 2.42. The number of nitrogens with zero attached hydrogens (tertiary/aromatic N) is 1. The van der Waals surface area contributed by atoms with Crippen molar-refractivity contribution >= 4 is 33.7 Å². The third-order valence-corrected chi connectivity index (χ3v) is 10.9. The minimum Gasteiger partial charge on any atom is -0.469 e. The van der Waals surface area contributed by atoms with Crippen LogP contribution in [0.3, 0.4) is 0 Å². The summed E-state index contributed by atoms with van der Waals surface area (Å²) < 4.78 is 121. The maximum atomic E-state index is 13.1. The van der Waals surface area contributed by atoms with Crippen LogP contribution in [-0.2, 0) is 37.0 Å². The Balaban J connectivity index is 0.000000310. The molecule has 0 saturated heterocycles. The van der Waals surface area contributed by atoms with E-state index in [-0.39, 0.29) is 17.7 Å². The molecule has 0 saturated carbocycles. The number of halogens is 6. The molecule has 0 heterocycles. The van der Waals surface area contributed by atoms with Gasteiger partial charge in [0.15, 0.2) is 0 Å². The van der Waals surface area contributed by atoms with Gasteiger partial charge >= 0.3 is 18.7 Å². The van der Waals surface area contributed by atoms with E-state index in [1.165, 1.54) is 37.4 Å². The lowest BCUT2D eigenvalue weighted by Crippen LogP contribution is -2.50. The molecule has 4 aromatic carbocycles. The van der Waals surface area contributed by atoms with Crippen LogP contribution in [0.2, 0.25) is 0 Å². The number of hydrogen-bond donors (Lipinski definition) is 1. The number of nitrogens with one attached hydrogen (secondary N) is 1. The topological polar surface area (TPSA) is 103 Å². The van der Waals surface area contributed by atoms with Gasteiger partial charge in [-0.3, -0.25) is 4.79 Å². The number of esters is 1. The van der Waals surface area contributed by atoms with Crippen LogP contribution in [0.1, 0.15) is 81.3 Å². The van der Waals surface area contributed by atoms with E-state index < -0.39 is 61.4 Å². The van der Waals surface area contributed by atoms with Crippen molar-refractivity contribution in [3.05, 3.63) is 130 Å². The summed E-state index contributed by atoms with van der Waals surface area (Å²) in [5.74, 6) is -1.42. The molecule has 0 spiro atoms. The molecule has 0 fully saturated rings. The summed E-state index contributed by atoms with van der Waals surface area (Å²) in [6, 6.07) is 25.3. The van der Waals surface area contributed by atoms with Gasteiger partial charge in [0, 0.05) is 11.1 Å². The number of rotatable bonds is 11. The molecule has 310 valence electrons. The zero-order chi connectivity index (χ0) is 43.0. The quantitative estimate of drug-likeness (QED) is 0.0917. The number of hydrogen-bond acceptors (Lipinski definition) is 6. The lowest BCUT2D eigenvalue weighted by molar-refractivity contribution is -0.275. The minimum absolute atomic E-state index is 0.280. The largest absolute Gasteiger partial charge is 0.573 e. The lowest BCUT2D eigenvalue weighted by atomic mass is 9.80. The molecular weight excluding hydrogens is 795 g/mol. The van der Waals surface area contributed by atoms with Gasteiger partial charge in [-0.2, -0.15) is 4.40 Å². The monoisotopic (exact) mass is 840 g/mol. The summed E-state index contributed by atoms with van der Waals surface area (Å²) in [5.41, 5.74) is 2.65. The van der Waals surface area contributed by atoms with Gasteiger partial charge in [-0.1, -0.05) is 77.9 Å². The van der Waals surface area contributed by atoms with Crippen molar-refractivity contribution in [2.24, 2.45) is 4.40 Å². The minimum atomic E-state index is -4.88. The van der Waals surface area contributed by atoms with Crippen molar-refractivity contribution in [2.75, 3.05) is 7.11 Å². The third-order valence-electron chi connectivity index (χ3n) is 7.86. The SMILES string of the molecule is COC(=O)CC(N[S@](=O)C(C)(C)C)(c1cccc(C)c1)c1cccc(OC(F)(F)F)c1.Cc1cccc(C(=N[S@](=O)C(C)(C)C)c2cccc(OC(F)(F)F)c2)c1. The van der Waals surface area contributed by atoms with E-state index >= 15 is 0 Å². The number of aryl methyl sites for hydroxylation is 2. The predicted molar refractivity (Wildman–Crippen MR) is 211 cm³/mol. The molecule has 0 aromatic heterocycles. The molecule has 0 amide bonds. The molecule has 0 radical (unpaired) electrons. The summed E-state index contributed by atoms with van der Waals surface area (Å²) in [6.45, 7) is 14.3. The zero-order valence-corrected chi connectivity index (χ0v) is 34.6. The van der Waals surface area contributed by atoms with Crippen molar-refractivity contribution in [1.82, 2.24) is 4.72 Å². The first-order valence-corrected chi connectivity index (χ1v) is 19.6. The van der Waals surface area contributed by atoms with Gasteiger partial charge in [-0.15, -0.1) is 26.3 Å². The van der Waals surface area contributed by atoms with Crippen LogP contribution in [0.25, 0.3) is 0 Å². The number of carbonyl (C=O) groups is 1. The fraction of sp³-hybridized carbons (Fsp3) is 0.366. The summed E-state index contributed by atoms with van der Waals surface area (Å²) in [6.07, 6.45) is -9.97. The Morgan fingerprint density at radius 3 is 1.58 bits per heavy atom. The molecule has 0 aliphatic rings. The van der Waals surface area contributed by atoms with Crippen molar-refractivity contribution in [3.63, 3.8) is 0 Å². The van der Waals surface area contributed by atoms with Gasteiger partial charge < -0.3 is 14.2 Å². The van der Waals surface area contributed by atoms with Gasteiger partial charge in [0.25, 0.3) is 0 Å². The van der Waals surface area contributed by atoms with Crippen LogP contribution < -0.4 is 14.2 Å². The molecule has 0 bridgehead atoms. The lowest BCUT2D eigenvalue weighted by Gasteiger charge is -2.37. The second-order valence-electron chi connectivity index (χ2n) is 14.8. The number of ether oxygens (including phenoxy) is 3. The number of methoxy groups -OCH3 is 1. The van der Waals surface area contributed by atoms with E-state index in [0.29, 0.717) is 22.4 Å². The van der Waals surface area contributed by atoms with E-state index in [0.717, 1.165) is 17.2 Å². The van der Waals surface area contributed by atoms with Gasteiger partial charge in [0.1, 0.15) is 22.5 Å². The Morgan fingerprint density at radius 2 is 1.11 bits per heavy atom. The predicted octanol–water partition coefficient (Wildman–Crippen LogP) is 9.95. The molecule has 0 aliphatic heterocycles. The Bertz CT molecular complexity index is 2090. The van der Waals surface area contributed by atoms with Crippen LogP contribution in [0.5, 0.6) is 11.5 Å². The molecule has 4 aromatic rings. The summed E-state index contributed by atoms with van der Waals surface area (Å²) >= 11 is 0. The van der Waals surface area contributed by atoms with E-state index in [9.17, 15) is 39.6 Å². The summed E-state index contributed by atoms with van der Waals surface area (Å²) in [4.78, 5) is 12.4. The Hall–Kier alpha value is -4.54. The number of alkyl halides is 6. The summed E-state index contributed by atoms with van der Waals surface area (Å²) in [5, 5.41) is 0. The maximum absolute atomic E-state index is 13.1. The van der Waals surface area contributed by atoms with Crippen LogP contribution in [0, 0.1) is 13.8 Å². The van der Waals surface area contributed by atoms with E-state index in [4.69, 9.17) is 4.74 Å². The Morgan fingerprint density at radius 1 is 0.649 bits per heavy atom. The molecule has 4 rings (SSSR count). The van der Waals surface area contributed by atoms with E-state index in [1.807, 2.05) is 38.1 Å². The second-order valence-corrected chi connectivity index (χ2v) is 18.7. The Kier molecular flexibility index (Phi) is 15.5. The first-order valence-electron chi connectivity index (χ1n) is 17.4. The fourth-order valence-electron chi connectivity index (χ4n) is 5.12. The summed E-state index contributed by atoms with van der Waals surface area (Å²) in [7, 11) is -2.04. The molecule has 57 heavy (non-hydrogen) atoms. The highest BCUT2D eigenvalue weighted by atomic mass is 32.2. The van der Waals surface area contributed by atoms with Crippen LogP contribution >= 0.6 is 0 Å². The molecular formula is C41H46F6N2O6S2. The van der Waals surface area contributed by atoms with Crippen LogP contribution in [0.15, 0.2) is 101 Å². The van der Waals surface area contributed by atoms with Crippen molar-refractivity contribution in [3.8, 4) is 11.5 Å². The smallest absolute Gasteiger partial charge is 0.469 e. The van der Waals surface area contributed by atoms with Crippen molar-refractivity contribution in [2.45, 2.75) is 89.6 Å². The standard InChI is InChI=1S/C22H26F3NO4S.C19H20F3NO2S/c1-15-8-6-9-16(12-15)21(14-19(27)29-5,26-31(28)20(2,3)4)17-10-7-11-18(13-17)30-22(23,24)25;1-13-7-5-8-14(11-13)17(23-26(24)18(2,3)4)15-9-6-10-16(12-15)25-19(20,21)22/h6-13,26H,14H2,1-5H3;5-12H,1-4H3/t21?,31-;26-/m11/s1. The van der Waals surface area contributed by atoms with Gasteiger partial charge in [-0.05, 0) is 96.8 Å². The average molecular weight is 841 g/mol. The maximum Gasteiger partial charge on any atom is 0.573 e. The van der Waals surface area contributed by atoms with E-state index in [1.54, 1.807) is 77.9 Å². The normalized spacial score (nSPS) is 14.7. The van der Waals surface area contributed by atoms with Crippen LogP contribution in [0.4, 0.5) is 26.3 Å². The molecule has 1 unspecified atom stereocenters. The molecule has 16 heteroatoms. The van der Waals surface area contributed by atoms with Crippen molar-refractivity contribution < 1.29 is 53.8 Å². The number of carbonyl (C=O) groups excluding carboxylic acids is 1. The van der Waals surface area contributed by atoms with Gasteiger partial charge in [-0.25, -0.2) is 13.1 Å². The molecule has 8 nitrogen and oxygen atoms in total. The zero-order valence-electron chi connectivity index (χ0n) is 32.9. The molecule has 3 atom stereocenters. The molecule has 1 N–H and O–H groups in total. The first kappa shape index (κ1) is 46.8. The number of benzene rings is 4. The van der Waals surface area contributed by atoms with Crippen LogP contribution in [-0.4, -0.2) is 49.4 Å². The first-order chi connectivity index (χ1) is 26.2. The van der Waals surface area contributed by atoms with E-state index in [2.05, 4.69) is 18.6 Å². The highest BCUT2D eigenvalue weighted by Crippen LogP contribution is 2.38. The molecule has 0 aliphatic carbocycles. The van der Waals surface area contributed by atoms with Gasteiger partial charge in [0.2, 0.25) is 0 Å². The third kappa shape index (κ3) is 14.4. The second kappa shape index (κ2) is 18.8. The Labute approximate surface area is 334 Å². The average Bonchev–Trinajstić information content (AvgIpc) is 3.08. The van der Waals surface area contributed by atoms with Gasteiger partial charge in [0.05, 0.1) is 45.3 Å². The highest BCUT2D eigenvalue weighted by molar-refractivity contribution is 7.85. The van der Waals surface area contributed by atoms with Crippen molar-refractivity contribution in [1.29, 1.82) is 0 Å².